The lowest BCUT2D eigenvalue weighted by Gasteiger charge is -2.13. The van der Waals surface area contributed by atoms with Crippen LogP contribution in [0, 0.1) is 0 Å². The van der Waals surface area contributed by atoms with Crippen molar-refractivity contribution in [3.63, 3.8) is 0 Å². The van der Waals surface area contributed by atoms with Gasteiger partial charge in [-0.1, -0.05) is 78.8 Å². The summed E-state index contributed by atoms with van der Waals surface area (Å²) in [5, 5.41) is 2.26. The van der Waals surface area contributed by atoms with Gasteiger partial charge in [0.15, 0.2) is 0 Å². The highest BCUT2D eigenvalue weighted by Gasteiger charge is 2.16. The third-order valence-corrected chi connectivity index (χ3v) is 4.43. The molecular formula is C22H18BNO. The van der Waals surface area contributed by atoms with Crippen LogP contribution in [-0.4, -0.2) is 7.48 Å². The van der Waals surface area contributed by atoms with E-state index in [0.29, 0.717) is 7.48 Å². The van der Waals surface area contributed by atoms with Gasteiger partial charge in [-0.3, -0.25) is 0 Å². The minimum Gasteiger partial charge on any atom is -0.559 e. The molecule has 0 atom stereocenters. The van der Waals surface area contributed by atoms with Crippen LogP contribution in [0.5, 0.6) is 5.75 Å². The molecule has 0 radical (unpaired) electrons. The number of hydrogen-bond donors (Lipinski definition) is 1. The zero-order chi connectivity index (χ0) is 17.1. The monoisotopic (exact) mass is 323 g/mol. The van der Waals surface area contributed by atoms with Crippen molar-refractivity contribution in [3.05, 3.63) is 89.4 Å². The fourth-order valence-electron chi connectivity index (χ4n) is 3.29. The Morgan fingerprint density at radius 2 is 1.56 bits per heavy atom. The molecule has 0 unspecified atom stereocenters. The van der Waals surface area contributed by atoms with Crippen molar-refractivity contribution in [2.75, 3.05) is 0 Å². The molecule has 0 aliphatic carbocycles. The van der Waals surface area contributed by atoms with E-state index < -0.39 is 0 Å². The molecule has 2 N–H and O–H groups in total. The maximum absolute atomic E-state index is 5.96. The molecular weight excluding hydrogens is 305 g/mol. The topological polar surface area (TPSA) is 35.2 Å². The quantitative estimate of drug-likeness (QED) is 0.752. The van der Waals surface area contributed by atoms with E-state index in [4.69, 9.17) is 10.4 Å². The van der Waals surface area contributed by atoms with Gasteiger partial charge in [0.2, 0.25) is 0 Å². The highest BCUT2D eigenvalue weighted by molar-refractivity contribution is 6.48. The van der Waals surface area contributed by atoms with Crippen molar-refractivity contribution in [2.45, 2.75) is 0 Å². The van der Waals surface area contributed by atoms with E-state index in [-0.39, 0.29) is 0 Å². The first-order valence-corrected chi connectivity index (χ1v) is 8.38. The molecule has 1 heterocycles. The molecule has 120 valence electrons. The van der Waals surface area contributed by atoms with E-state index in [9.17, 15) is 0 Å². The standard InChI is InChI=1S/C22H18BNO/c24-14-6-9-17-12-13-20(22-21(17)15-23-25-22)19-11-5-4-10-18(19)16-7-2-1-3-8-16/h1-15,23H,24H2/b14-6-,17-9-. The zero-order valence-electron chi connectivity index (χ0n) is 13.9. The van der Waals surface area contributed by atoms with Crippen LogP contribution in [0.2, 0.25) is 0 Å². The number of fused-ring (bicyclic) bond motifs is 1. The summed E-state index contributed by atoms with van der Waals surface area (Å²) < 4.78 is 5.96. The highest BCUT2D eigenvalue weighted by atomic mass is 16.4. The summed E-state index contributed by atoms with van der Waals surface area (Å²) >= 11 is 0. The van der Waals surface area contributed by atoms with Gasteiger partial charge in [0.25, 0.3) is 0 Å². The molecule has 0 saturated heterocycles. The van der Waals surface area contributed by atoms with E-state index in [2.05, 4.69) is 66.6 Å². The minimum atomic E-state index is 0.604. The Morgan fingerprint density at radius 1 is 0.800 bits per heavy atom. The van der Waals surface area contributed by atoms with Gasteiger partial charge in [0.05, 0.1) is 0 Å². The fourth-order valence-corrected chi connectivity index (χ4v) is 3.29. The second-order valence-electron chi connectivity index (χ2n) is 5.92. The molecule has 0 aromatic heterocycles. The Hall–Kier alpha value is -3.20. The predicted octanol–water partition coefficient (Wildman–Crippen LogP) is 2.76. The van der Waals surface area contributed by atoms with Gasteiger partial charge < -0.3 is 10.4 Å². The molecule has 0 spiro atoms. The Bertz CT molecular complexity index is 1060. The van der Waals surface area contributed by atoms with E-state index in [0.717, 1.165) is 21.8 Å². The minimum absolute atomic E-state index is 0.604. The third kappa shape index (κ3) is 2.85. The lowest BCUT2D eigenvalue weighted by molar-refractivity contribution is 0.612. The smallest absolute Gasteiger partial charge is 0.367 e. The highest BCUT2D eigenvalue weighted by Crippen LogP contribution is 2.35. The third-order valence-electron chi connectivity index (χ3n) is 4.43. The summed E-state index contributed by atoms with van der Waals surface area (Å²) in [5.41, 5.74) is 10.2. The normalized spacial score (nSPS) is 13.2. The van der Waals surface area contributed by atoms with Gasteiger partial charge in [0, 0.05) is 10.8 Å². The lowest BCUT2D eigenvalue weighted by Crippen LogP contribution is -2.23. The summed E-state index contributed by atoms with van der Waals surface area (Å²) in [7, 11) is 0.604. The number of benzene rings is 3. The first-order chi connectivity index (χ1) is 12.4. The van der Waals surface area contributed by atoms with Crippen molar-refractivity contribution < 1.29 is 4.65 Å². The molecule has 1 aliphatic heterocycles. The van der Waals surface area contributed by atoms with Crippen molar-refractivity contribution in [1.82, 2.24) is 0 Å². The van der Waals surface area contributed by atoms with Crippen LogP contribution in [0.3, 0.4) is 0 Å². The van der Waals surface area contributed by atoms with E-state index in [1.807, 2.05) is 18.2 Å². The number of nitrogens with two attached hydrogens (primary N) is 1. The van der Waals surface area contributed by atoms with Crippen LogP contribution in [-0.2, 0) is 0 Å². The molecule has 3 aromatic rings. The molecule has 2 nitrogen and oxygen atoms in total. The van der Waals surface area contributed by atoms with Gasteiger partial charge in [-0.25, -0.2) is 0 Å². The summed E-state index contributed by atoms with van der Waals surface area (Å²) in [4.78, 5) is 0. The Kier molecular flexibility index (Phi) is 4.13. The maximum atomic E-state index is 5.96. The average molecular weight is 323 g/mol. The first-order valence-electron chi connectivity index (χ1n) is 8.38. The van der Waals surface area contributed by atoms with Crippen LogP contribution in [0.25, 0.3) is 34.3 Å². The fraction of sp³-hybridized carbons (Fsp3) is 0. The molecule has 0 saturated carbocycles. The Morgan fingerprint density at radius 3 is 2.36 bits per heavy atom. The van der Waals surface area contributed by atoms with Gasteiger partial charge >= 0.3 is 7.48 Å². The van der Waals surface area contributed by atoms with Crippen LogP contribution >= 0.6 is 0 Å². The molecule has 3 aromatic carbocycles. The molecule has 4 rings (SSSR count). The van der Waals surface area contributed by atoms with Crippen LogP contribution in [0.15, 0.2) is 79.0 Å². The largest absolute Gasteiger partial charge is 0.559 e. The van der Waals surface area contributed by atoms with Crippen LogP contribution < -0.4 is 20.8 Å². The van der Waals surface area contributed by atoms with E-state index in [1.54, 1.807) is 6.20 Å². The van der Waals surface area contributed by atoms with Gasteiger partial charge in [-0.05, 0) is 34.2 Å². The number of allylic oxidation sites excluding steroid dienone is 1. The van der Waals surface area contributed by atoms with Crippen molar-refractivity contribution in [3.8, 4) is 28.0 Å². The second kappa shape index (κ2) is 6.74. The Balaban J connectivity index is 1.94. The maximum Gasteiger partial charge on any atom is 0.367 e. The van der Waals surface area contributed by atoms with Gasteiger partial charge in [-0.15, -0.1) is 0 Å². The number of hydrogen-bond acceptors (Lipinski definition) is 2. The van der Waals surface area contributed by atoms with Crippen LogP contribution in [0.1, 0.15) is 0 Å². The van der Waals surface area contributed by atoms with E-state index in [1.165, 1.54) is 16.7 Å². The van der Waals surface area contributed by atoms with E-state index >= 15 is 0 Å². The summed E-state index contributed by atoms with van der Waals surface area (Å²) in [6.07, 6.45) is 5.40. The average Bonchev–Trinajstić information content (AvgIpc) is 3.17. The molecule has 0 bridgehead atoms. The predicted molar refractivity (Wildman–Crippen MR) is 107 cm³/mol. The zero-order valence-corrected chi connectivity index (χ0v) is 13.9. The van der Waals surface area contributed by atoms with Crippen molar-refractivity contribution in [2.24, 2.45) is 5.73 Å². The summed E-state index contributed by atoms with van der Waals surface area (Å²) in [6, 6.07) is 23.2. The number of rotatable bonds is 3. The van der Waals surface area contributed by atoms with Gasteiger partial charge in [0.1, 0.15) is 5.75 Å². The summed E-state index contributed by atoms with van der Waals surface area (Å²) in [6.45, 7) is 0. The SMILES string of the molecule is N/C=C\C=c1\ccc(-c2ccccc2-c2ccccc2)c2c1=CBO2. The first kappa shape index (κ1) is 15.3. The molecule has 0 amide bonds. The van der Waals surface area contributed by atoms with Crippen molar-refractivity contribution in [1.29, 1.82) is 0 Å². The molecule has 1 aliphatic rings. The van der Waals surface area contributed by atoms with Crippen LogP contribution in [0.4, 0.5) is 0 Å². The second-order valence-corrected chi connectivity index (χ2v) is 5.92. The summed E-state index contributed by atoms with van der Waals surface area (Å²) in [5.74, 6) is 3.07. The van der Waals surface area contributed by atoms with Gasteiger partial charge in [-0.2, -0.15) is 0 Å². The Labute approximate surface area is 147 Å². The molecule has 25 heavy (non-hydrogen) atoms. The molecule has 0 fully saturated rings. The van der Waals surface area contributed by atoms with Crippen molar-refractivity contribution >= 4 is 19.5 Å². The molecule has 3 heteroatoms. The lowest BCUT2D eigenvalue weighted by atomic mass is 9.93.